The van der Waals surface area contributed by atoms with E-state index < -0.39 is 67.0 Å². The molecule has 1 aromatic carbocycles. The van der Waals surface area contributed by atoms with Gasteiger partial charge < -0.3 is 33.7 Å². The number of carbonyl (C=O) groups excluding carboxylic acids is 5. The molecule has 12 nitrogen and oxygen atoms in total. The summed E-state index contributed by atoms with van der Waals surface area (Å²) in [7, 11) is 1.05. The number of nitrogens with one attached hydrogen (secondary N) is 1. The lowest BCUT2D eigenvalue weighted by Gasteiger charge is -2.43. The highest BCUT2D eigenvalue weighted by Gasteiger charge is 2.55. The molecular weight excluding hydrogens is 513 g/mol. The topological polar surface area (TPSA) is 153 Å². The fraction of sp³-hybridized carbons (Fsp3) is 0.476. The molecule has 0 unspecified atom stereocenters. The van der Waals surface area contributed by atoms with E-state index >= 15 is 0 Å². The van der Waals surface area contributed by atoms with Crippen LogP contribution in [0.4, 0.5) is 0 Å². The monoisotopic (exact) mass is 535 g/mol. The summed E-state index contributed by atoms with van der Waals surface area (Å²) in [5, 5.41) is 2.90. The van der Waals surface area contributed by atoms with E-state index in [2.05, 4.69) is 10.1 Å². The number of amides is 1. The van der Waals surface area contributed by atoms with Crippen molar-refractivity contribution in [1.29, 1.82) is 0 Å². The van der Waals surface area contributed by atoms with Gasteiger partial charge in [-0.1, -0.05) is 23.2 Å². The number of esters is 4. The van der Waals surface area contributed by atoms with Gasteiger partial charge in [0.2, 0.25) is 0 Å². The van der Waals surface area contributed by atoms with Crippen molar-refractivity contribution >= 4 is 53.0 Å². The molecule has 0 aliphatic carbocycles. The van der Waals surface area contributed by atoms with Gasteiger partial charge in [0.1, 0.15) is 5.75 Å². The molecule has 1 aliphatic heterocycles. The van der Waals surface area contributed by atoms with Crippen LogP contribution in [-0.2, 0) is 47.7 Å². The van der Waals surface area contributed by atoms with Crippen LogP contribution in [0, 0.1) is 0 Å². The van der Waals surface area contributed by atoms with Crippen molar-refractivity contribution in [2.24, 2.45) is 0 Å². The van der Waals surface area contributed by atoms with Crippen LogP contribution >= 0.6 is 23.2 Å². The third-order valence-corrected chi connectivity index (χ3v) is 4.96. The predicted octanol–water partition coefficient (Wildman–Crippen LogP) is 1.18. The highest BCUT2D eigenvalue weighted by molar-refractivity contribution is 6.35. The second kappa shape index (κ2) is 12.6. The van der Waals surface area contributed by atoms with E-state index in [1.807, 2.05) is 0 Å². The van der Waals surface area contributed by atoms with Gasteiger partial charge in [-0.2, -0.15) is 0 Å². The molecule has 192 valence electrons. The van der Waals surface area contributed by atoms with E-state index in [1.54, 1.807) is 0 Å². The number of rotatable bonds is 8. The van der Waals surface area contributed by atoms with E-state index in [9.17, 15) is 24.0 Å². The first-order valence-corrected chi connectivity index (χ1v) is 10.8. The molecule has 1 N–H and O–H groups in total. The number of hydrogen-bond acceptors (Lipinski definition) is 11. The zero-order valence-electron chi connectivity index (χ0n) is 19.1. The number of hydrogen-bond donors (Lipinski definition) is 1. The van der Waals surface area contributed by atoms with E-state index in [-0.39, 0.29) is 10.8 Å². The predicted molar refractivity (Wildman–Crippen MR) is 117 cm³/mol. The quantitative estimate of drug-likeness (QED) is 0.377. The van der Waals surface area contributed by atoms with Crippen LogP contribution in [0.3, 0.4) is 0 Å². The fourth-order valence-corrected chi connectivity index (χ4v) is 3.63. The lowest BCUT2D eigenvalue weighted by molar-refractivity contribution is -0.252. The average molecular weight is 536 g/mol. The minimum absolute atomic E-state index is 0.155. The number of ether oxygens (including phenoxy) is 6. The first-order valence-electron chi connectivity index (χ1n) is 10.0. The third-order valence-electron chi connectivity index (χ3n) is 4.43. The highest BCUT2D eigenvalue weighted by atomic mass is 35.5. The Bertz CT molecular complexity index is 986. The molecule has 0 aromatic heterocycles. The summed E-state index contributed by atoms with van der Waals surface area (Å²) in [5.41, 5.74) is 0. The van der Waals surface area contributed by atoms with E-state index in [4.69, 9.17) is 46.9 Å². The van der Waals surface area contributed by atoms with Gasteiger partial charge in [-0.05, 0) is 18.2 Å². The summed E-state index contributed by atoms with van der Waals surface area (Å²) in [6.07, 6.45) is -7.77. The minimum atomic E-state index is -1.64. The Labute approximate surface area is 210 Å². The van der Waals surface area contributed by atoms with Gasteiger partial charge in [0.25, 0.3) is 5.91 Å². The number of methoxy groups -OCH3 is 1. The van der Waals surface area contributed by atoms with Crippen molar-refractivity contribution in [1.82, 2.24) is 5.32 Å². The van der Waals surface area contributed by atoms with Gasteiger partial charge in [0.15, 0.2) is 37.3 Å². The molecule has 1 saturated heterocycles. The zero-order chi connectivity index (χ0) is 26.3. The molecule has 35 heavy (non-hydrogen) atoms. The van der Waals surface area contributed by atoms with Crippen LogP contribution < -0.4 is 10.1 Å². The fourth-order valence-electron chi connectivity index (χ4n) is 3.17. The van der Waals surface area contributed by atoms with Crippen molar-refractivity contribution in [3.63, 3.8) is 0 Å². The van der Waals surface area contributed by atoms with Crippen LogP contribution in [0.15, 0.2) is 18.2 Å². The smallest absolute Gasteiger partial charge is 0.339 e. The SMILES string of the molecule is COC(=O)[C@H]1O[C@@H](NC(=O)COc2ccc(Cl)cc2Cl)[C@H](OC(C)=O)[C@@H](OC(C)=O)[C@@H]1OC(C)=O. The number of benzene rings is 1. The van der Waals surface area contributed by atoms with Crippen LogP contribution in [0.1, 0.15) is 20.8 Å². The van der Waals surface area contributed by atoms with Gasteiger partial charge in [0, 0.05) is 25.8 Å². The molecule has 1 fully saturated rings. The zero-order valence-corrected chi connectivity index (χ0v) is 20.6. The second-order valence-corrected chi connectivity index (χ2v) is 8.00. The summed E-state index contributed by atoms with van der Waals surface area (Å²) < 4.78 is 31.2. The first kappa shape index (κ1) is 28.1. The summed E-state index contributed by atoms with van der Waals surface area (Å²) >= 11 is 11.8. The average Bonchev–Trinajstić information content (AvgIpc) is 2.75. The van der Waals surface area contributed by atoms with E-state index in [1.165, 1.54) is 18.2 Å². The number of carbonyl (C=O) groups is 5. The lowest BCUT2D eigenvalue weighted by atomic mass is 9.96. The summed E-state index contributed by atoms with van der Waals surface area (Å²) in [4.78, 5) is 60.2. The largest absolute Gasteiger partial charge is 0.482 e. The van der Waals surface area contributed by atoms with E-state index in [0.717, 1.165) is 27.9 Å². The van der Waals surface area contributed by atoms with E-state index in [0.29, 0.717) is 5.02 Å². The second-order valence-electron chi connectivity index (χ2n) is 7.15. The summed E-state index contributed by atoms with van der Waals surface area (Å²) in [6, 6.07) is 4.36. The van der Waals surface area contributed by atoms with Gasteiger partial charge in [-0.3, -0.25) is 19.2 Å². The molecule has 5 atom stereocenters. The number of halogens is 2. The normalized spacial score (nSPS) is 23.4. The molecule has 1 aromatic rings. The summed E-state index contributed by atoms with van der Waals surface area (Å²) in [5.74, 6) is -4.15. The van der Waals surface area contributed by atoms with Gasteiger partial charge in [-0.25, -0.2) is 4.79 Å². The van der Waals surface area contributed by atoms with Gasteiger partial charge >= 0.3 is 23.9 Å². The Kier molecular flexibility index (Phi) is 10.1. The van der Waals surface area contributed by atoms with Crippen molar-refractivity contribution in [2.75, 3.05) is 13.7 Å². The lowest BCUT2D eigenvalue weighted by Crippen LogP contribution is -2.67. The van der Waals surface area contributed by atoms with Gasteiger partial charge in [-0.15, -0.1) is 0 Å². The maximum atomic E-state index is 12.6. The Hall–Kier alpha value is -3.09. The molecule has 0 saturated carbocycles. The van der Waals surface area contributed by atoms with Crippen LogP contribution in [0.25, 0.3) is 0 Å². The Morgan fingerprint density at radius 1 is 0.914 bits per heavy atom. The van der Waals surface area contributed by atoms with Crippen molar-refractivity contribution in [3.8, 4) is 5.75 Å². The summed E-state index contributed by atoms with van der Waals surface area (Å²) in [6.45, 7) is 2.59. The minimum Gasteiger partial charge on any atom is -0.482 e. The molecule has 1 aliphatic rings. The molecule has 14 heteroatoms. The van der Waals surface area contributed by atoms with Gasteiger partial charge in [0.05, 0.1) is 12.1 Å². The first-order chi connectivity index (χ1) is 16.4. The Balaban J connectivity index is 2.31. The molecule has 1 amide bonds. The van der Waals surface area contributed by atoms with Crippen LogP contribution in [0.2, 0.25) is 10.0 Å². The molecule has 1 heterocycles. The molecule has 2 rings (SSSR count). The van der Waals surface area contributed by atoms with Crippen molar-refractivity contribution in [2.45, 2.75) is 51.4 Å². The Morgan fingerprint density at radius 3 is 2.03 bits per heavy atom. The molecule has 0 radical (unpaired) electrons. The molecular formula is C21H23Cl2NO11. The van der Waals surface area contributed by atoms with Crippen molar-refractivity contribution in [3.05, 3.63) is 28.2 Å². The van der Waals surface area contributed by atoms with Crippen molar-refractivity contribution < 1.29 is 52.4 Å². The van der Waals surface area contributed by atoms with Crippen LogP contribution in [0.5, 0.6) is 5.75 Å². The molecule has 0 bridgehead atoms. The highest BCUT2D eigenvalue weighted by Crippen LogP contribution is 2.29. The molecule has 0 spiro atoms. The third kappa shape index (κ3) is 7.98. The maximum absolute atomic E-state index is 12.6. The Morgan fingerprint density at radius 2 is 1.49 bits per heavy atom. The maximum Gasteiger partial charge on any atom is 0.339 e. The standard InChI is InChI=1S/C21H23Cl2NO11/c1-9(25)32-16-17(33-10(2)26)19(21(29)30-4)35-20(18(16)34-11(3)27)24-15(28)8-31-14-6-5-12(22)7-13(14)23/h5-7,16-20H,8H2,1-4H3,(H,24,28)/t16-,17-,18+,19-,20+/m0/s1. The van der Waals surface area contributed by atoms with Crippen LogP contribution in [-0.4, -0.2) is 74.1 Å².